The Morgan fingerprint density at radius 2 is 1.38 bits per heavy atom. The van der Waals surface area contributed by atoms with Gasteiger partial charge in [0.1, 0.15) is 11.5 Å². The molecule has 0 bridgehead atoms. The summed E-state index contributed by atoms with van der Waals surface area (Å²) in [6.45, 7) is 0.0905. The van der Waals surface area contributed by atoms with Gasteiger partial charge in [0.05, 0.1) is 11.7 Å². The zero-order valence-corrected chi connectivity index (χ0v) is 15.7. The molecule has 7 nitrogen and oxygen atoms in total. The van der Waals surface area contributed by atoms with Gasteiger partial charge in [0, 0.05) is 5.56 Å². The lowest BCUT2D eigenvalue weighted by Gasteiger charge is -2.10. The van der Waals surface area contributed by atoms with Crippen LogP contribution >= 0.6 is 0 Å². The van der Waals surface area contributed by atoms with Gasteiger partial charge in [-0.05, 0) is 62.4 Å². The van der Waals surface area contributed by atoms with E-state index in [4.69, 9.17) is 9.47 Å². The van der Waals surface area contributed by atoms with Crippen LogP contribution in [-0.2, 0) is 9.53 Å². The van der Waals surface area contributed by atoms with Crippen LogP contribution in [0.4, 0.5) is 8.78 Å². The molecule has 2 amide bonds. The molecule has 0 aliphatic rings. The summed E-state index contributed by atoms with van der Waals surface area (Å²) in [5, 5.41) is 2.03. The van der Waals surface area contributed by atoms with Crippen molar-refractivity contribution in [3.63, 3.8) is 0 Å². The Balaban J connectivity index is 1.82. The normalized spacial score (nSPS) is 10.6. The Morgan fingerprint density at radius 1 is 0.862 bits per heavy atom. The van der Waals surface area contributed by atoms with Crippen LogP contribution < -0.4 is 14.8 Å². The smallest absolute Gasteiger partial charge is 0.387 e. The lowest BCUT2D eigenvalue weighted by molar-refractivity contribution is -0.123. The maximum atomic E-state index is 12.1. The van der Waals surface area contributed by atoms with E-state index in [-0.39, 0.29) is 23.0 Å². The highest BCUT2D eigenvalue weighted by atomic mass is 19.3. The predicted molar refractivity (Wildman–Crippen MR) is 98.0 cm³/mol. The van der Waals surface area contributed by atoms with Gasteiger partial charge in [-0.15, -0.1) is 0 Å². The second-order valence-corrected chi connectivity index (χ2v) is 6.05. The molecule has 0 spiro atoms. The Labute approximate surface area is 165 Å². The molecule has 2 aromatic rings. The van der Waals surface area contributed by atoms with Gasteiger partial charge in [0.25, 0.3) is 11.8 Å². The Morgan fingerprint density at radius 3 is 1.90 bits per heavy atom. The second kappa shape index (κ2) is 10.2. The van der Waals surface area contributed by atoms with Crippen LogP contribution in [0.3, 0.4) is 0 Å². The van der Waals surface area contributed by atoms with E-state index in [2.05, 4.69) is 4.74 Å². The topological polar surface area (TPSA) is 90.9 Å². The van der Waals surface area contributed by atoms with Gasteiger partial charge < -0.3 is 14.2 Å². The van der Waals surface area contributed by atoms with Crippen molar-refractivity contribution in [1.82, 2.24) is 5.32 Å². The van der Waals surface area contributed by atoms with E-state index in [0.717, 1.165) is 12.1 Å². The SMILES string of the molecule is CC(C)Oc1ccc(C(=O)OCC(=O)NC(=O)c2ccc(OC(F)F)cc2)cc1. The van der Waals surface area contributed by atoms with E-state index in [0.29, 0.717) is 5.75 Å². The monoisotopic (exact) mass is 407 g/mol. The highest BCUT2D eigenvalue weighted by molar-refractivity contribution is 6.05. The van der Waals surface area contributed by atoms with Crippen LogP contribution in [0.5, 0.6) is 11.5 Å². The van der Waals surface area contributed by atoms with Gasteiger partial charge in [0.2, 0.25) is 0 Å². The number of amides is 2. The molecule has 9 heteroatoms. The fourth-order valence-electron chi connectivity index (χ4n) is 2.18. The molecule has 0 heterocycles. The number of carbonyl (C=O) groups is 3. The van der Waals surface area contributed by atoms with Crippen molar-refractivity contribution in [3.8, 4) is 11.5 Å². The molecular formula is C20H19F2NO6. The molecular weight excluding hydrogens is 388 g/mol. The number of halogens is 2. The van der Waals surface area contributed by atoms with E-state index in [1.165, 1.54) is 24.3 Å². The summed E-state index contributed by atoms with van der Waals surface area (Å²) in [6.07, 6.45) is -0.0120. The third-order valence-corrected chi connectivity index (χ3v) is 3.39. The maximum Gasteiger partial charge on any atom is 0.387 e. The number of esters is 1. The van der Waals surface area contributed by atoms with Crippen LogP contribution in [-0.4, -0.2) is 37.1 Å². The lowest BCUT2D eigenvalue weighted by atomic mass is 10.2. The highest BCUT2D eigenvalue weighted by Crippen LogP contribution is 2.15. The standard InChI is InChI=1S/C20H19F2NO6/c1-12(2)28-15-9-5-14(6-10-15)19(26)27-11-17(24)23-18(25)13-3-7-16(8-4-13)29-20(21)22/h3-10,12,20H,11H2,1-2H3,(H,23,24,25). The fourth-order valence-corrected chi connectivity index (χ4v) is 2.18. The molecule has 0 aliphatic heterocycles. The molecule has 0 aromatic heterocycles. The van der Waals surface area contributed by atoms with E-state index >= 15 is 0 Å². The van der Waals surface area contributed by atoms with Gasteiger partial charge in [-0.3, -0.25) is 14.9 Å². The van der Waals surface area contributed by atoms with Gasteiger partial charge >= 0.3 is 12.6 Å². The highest BCUT2D eigenvalue weighted by Gasteiger charge is 2.14. The van der Waals surface area contributed by atoms with Gasteiger partial charge in [0.15, 0.2) is 6.61 Å². The molecule has 29 heavy (non-hydrogen) atoms. The number of hydrogen-bond acceptors (Lipinski definition) is 6. The summed E-state index contributed by atoms with van der Waals surface area (Å²) in [5.74, 6) is -1.88. The Hall–Kier alpha value is -3.49. The van der Waals surface area contributed by atoms with Crippen molar-refractivity contribution in [2.24, 2.45) is 0 Å². The minimum Gasteiger partial charge on any atom is -0.491 e. The summed E-state index contributed by atoms with van der Waals surface area (Å²) in [4.78, 5) is 35.7. The number of nitrogens with one attached hydrogen (secondary N) is 1. The summed E-state index contributed by atoms with van der Waals surface area (Å²) >= 11 is 0. The fraction of sp³-hybridized carbons (Fsp3) is 0.250. The maximum absolute atomic E-state index is 12.1. The lowest BCUT2D eigenvalue weighted by Crippen LogP contribution is -2.34. The average Bonchev–Trinajstić information content (AvgIpc) is 2.66. The zero-order valence-electron chi connectivity index (χ0n) is 15.7. The first kappa shape index (κ1) is 21.8. The summed E-state index contributed by atoms with van der Waals surface area (Å²) in [6, 6.07) is 10.9. The molecule has 0 radical (unpaired) electrons. The van der Waals surface area contributed by atoms with Gasteiger partial charge in [-0.1, -0.05) is 0 Å². The zero-order chi connectivity index (χ0) is 21.4. The van der Waals surface area contributed by atoms with Crippen molar-refractivity contribution in [2.75, 3.05) is 6.61 Å². The van der Waals surface area contributed by atoms with Crippen molar-refractivity contribution < 1.29 is 37.4 Å². The molecule has 0 aliphatic carbocycles. The van der Waals surface area contributed by atoms with E-state index in [1.807, 2.05) is 19.2 Å². The second-order valence-electron chi connectivity index (χ2n) is 6.05. The number of ether oxygens (including phenoxy) is 3. The molecule has 0 fully saturated rings. The van der Waals surface area contributed by atoms with E-state index < -0.39 is 31.0 Å². The molecule has 0 unspecified atom stereocenters. The molecule has 2 rings (SSSR count). The number of alkyl halides is 2. The predicted octanol–water partition coefficient (Wildman–Crippen LogP) is 3.19. The summed E-state index contributed by atoms with van der Waals surface area (Å²) < 4.78 is 38.7. The van der Waals surface area contributed by atoms with Crippen molar-refractivity contribution in [3.05, 3.63) is 59.7 Å². The van der Waals surface area contributed by atoms with Crippen LogP contribution in [0.2, 0.25) is 0 Å². The van der Waals surface area contributed by atoms with E-state index in [1.54, 1.807) is 12.1 Å². The number of carbonyl (C=O) groups excluding carboxylic acids is 3. The van der Waals surface area contributed by atoms with Gasteiger partial charge in [-0.2, -0.15) is 8.78 Å². The van der Waals surface area contributed by atoms with Crippen LogP contribution in [0.1, 0.15) is 34.6 Å². The molecule has 0 saturated heterocycles. The first-order valence-electron chi connectivity index (χ1n) is 8.57. The largest absolute Gasteiger partial charge is 0.491 e. The molecule has 0 saturated carbocycles. The Bertz CT molecular complexity index is 850. The molecule has 0 atom stereocenters. The first-order chi connectivity index (χ1) is 13.7. The number of benzene rings is 2. The summed E-state index contributed by atoms with van der Waals surface area (Å²) in [7, 11) is 0. The van der Waals surface area contributed by atoms with Gasteiger partial charge in [-0.25, -0.2) is 4.79 Å². The number of imide groups is 1. The molecule has 2 aromatic carbocycles. The number of rotatable bonds is 8. The Kier molecular flexibility index (Phi) is 7.64. The van der Waals surface area contributed by atoms with E-state index in [9.17, 15) is 23.2 Å². The minimum atomic E-state index is -2.98. The molecule has 1 N–H and O–H groups in total. The van der Waals surface area contributed by atoms with Crippen molar-refractivity contribution in [1.29, 1.82) is 0 Å². The van der Waals surface area contributed by atoms with Crippen LogP contribution in [0.15, 0.2) is 48.5 Å². The van der Waals surface area contributed by atoms with Crippen LogP contribution in [0, 0.1) is 0 Å². The minimum absolute atomic E-state index is 0.0120. The van der Waals surface area contributed by atoms with Crippen molar-refractivity contribution in [2.45, 2.75) is 26.6 Å². The third-order valence-electron chi connectivity index (χ3n) is 3.39. The summed E-state index contributed by atoms with van der Waals surface area (Å²) in [5.41, 5.74) is 0.266. The van der Waals surface area contributed by atoms with Crippen molar-refractivity contribution >= 4 is 17.8 Å². The average molecular weight is 407 g/mol. The quantitative estimate of drug-likeness (QED) is 0.676. The number of hydrogen-bond donors (Lipinski definition) is 1. The third kappa shape index (κ3) is 7.21. The first-order valence-corrected chi connectivity index (χ1v) is 8.57. The van der Waals surface area contributed by atoms with Crippen LogP contribution in [0.25, 0.3) is 0 Å². The molecule has 154 valence electrons.